The Balaban J connectivity index is 1.33. The van der Waals surface area contributed by atoms with Gasteiger partial charge in [0.05, 0.1) is 17.2 Å². The Hall–Kier alpha value is -3.76. The van der Waals surface area contributed by atoms with Crippen molar-refractivity contribution in [3.63, 3.8) is 0 Å². The number of para-hydroxylation sites is 1. The molecule has 3 unspecified atom stereocenters. The van der Waals surface area contributed by atoms with Crippen LogP contribution in [0, 0.1) is 12.3 Å². The summed E-state index contributed by atoms with van der Waals surface area (Å²) in [5, 5.41) is 10.7. The van der Waals surface area contributed by atoms with Crippen LogP contribution < -0.4 is 4.74 Å². The molecule has 0 saturated carbocycles. The fraction of sp³-hybridized carbons (Fsp3) is 0.407. The summed E-state index contributed by atoms with van der Waals surface area (Å²) in [7, 11) is 0. The molecular weight excluding hydrogens is 550 g/mol. The van der Waals surface area contributed by atoms with Gasteiger partial charge < -0.3 is 14.4 Å². The molecule has 3 atom stereocenters. The van der Waals surface area contributed by atoms with Crippen LogP contribution in [-0.2, 0) is 9.63 Å². The number of carbonyl (C=O) groups is 1. The minimum Gasteiger partial charge on any atom is -0.481 e. The van der Waals surface area contributed by atoms with Gasteiger partial charge >= 0.3 is 0 Å². The number of hydrogen-bond donors (Lipinski definition) is 0. The zero-order valence-corrected chi connectivity index (χ0v) is 21.9. The SMILES string of the molecule is C#CCOc1ccccc1C1CC(c2csc(C3CCN(CC=O)C(n4nc(C(F)F)cc4C(F)F)C3)n2)=NO1. The predicted molar refractivity (Wildman–Crippen MR) is 139 cm³/mol. The number of terminal acetylenes is 1. The summed E-state index contributed by atoms with van der Waals surface area (Å²) in [6, 6.07) is 8.14. The first-order valence-electron chi connectivity index (χ1n) is 12.6. The second-order valence-electron chi connectivity index (χ2n) is 9.34. The molecule has 3 aromatic rings. The molecule has 13 heteroatoms. The average Bonchev–Trinajstić information content (AvgIpc) is 3.72. The maximum absolute atomic E-state index is 13.8. The van der Waals surface area contributed by atoms with Gasteiger partial charge in [-0.1, -0.05) is 29.3 Å². The Morgan fingerprint density at radius 3 is 2.83 bits per heavy atom. The molecule has 0 radical (unpaired) electrons. The first-order chi connectivity index (χ1) is 19.4. The third-order valence-corrected chi connectivity index (χ3v) is 7.92. The van der Waals surface area contributed by atoms with Crippen LogP contribution >= 0.6 is 11.3 Å². The number of thiazole rings is 1. The van der Waals surface area contributed by atoms with Crippen LogP contribution in [0.2, 0.25) is 0 Å². The molecule has 2 aromatic heterocycles. The number of rotatable bonds is 10. The molecule has 1 fully saturated rings. The second-order valence-corrected chi connectivity index (χ2v) is 10.2. The van der Waals surface area contributed by atoms with Crippen molar-refractivity contribution in [2.75, 3.05) is 19.7 Å². The molecule has 1 aromatic carbocycles. The summed E-state index contributed by atoms with van der Waals surface area (Å²) in [6.45, 7) is 0.478. The Bertz CT molecular complexity index is 1420. The molecule has 210 valence electrons. The van der Waals surface area contributed by atoms with E-state index in [1.165, 1.54) is 11.3 Å². The molecule has 0 N–H and O–H groups in total. The van der Waals surface area contributed by atoms with Crippen molar-refractivity contribution in [2.24, 2.45) is 5.16 Å². The third-order valence-electron chi connectivity index (χ3n) is 6.92. The molecular formula is C27H25F4N5O3S. The summed E-state index contributed by atoms with van der Waals surface area (Å²) < 4.78 is 60.7. The minimum atomic E-state index is -3.00. The highest BCUT2D eigenvalue weighted by atomic mass is 32.1. The molecule has 8 nitrogen and oxygen atoms in total. The molecule has 4 heterocycles. The van der Waals surface area contributed by atoms with E-state index < -0.39 is 30.4 Å². The number of aromatic nitrogens is 3. The lowest BCUT2D eigenvalue weighted by Crippen LogP contribution is -2.41. The van der Waals surface area contributed by atoms with Gasteiger partial charge in [0.1, 0.15) is 41.9 Å². The molecule has 2 aliphatic heterocycles. The smallest absolute Gasteiger partial charge is 0.282 e. The van der Waals surface area contributed by atoms with E-state index in [9.17, 15) is 22.4 Å². The average molecular weight is 576 g/mol. The topological polar surface area (TPSA) is 81.8 Å². The highest BCUT2D eigenvalue weighted by Gasteiger charge is 2.36. The van der Waals surface area contributed by atoms with E-state index in [4.69, 9.17) is 21.0 Å². The second kappa shape index (κ2) is 12.2. The van der Waals surface area contributed by atoms with Gasteiger partial charge in [-0.05, 0) is 25.0 Å². The zero-order valence-electron chi connectivity index (χ0n) is 21.1. The highest BCUT2D eigenvalue weighted by Crippen LogP contribution is 2.41. The summed E-state index contributed by atoms with van der Waals surface area (Å²) in [6.07, 6.45) is 0.156. The lowest BCUT2D eigenvalue weighted by molar-refractivity contribution is -0.110. The Morgan fingerprint density at radius 2 is 2.08 bits per heavy atom. The fourth-order valence-corrected chi connectivity index (χ4v) is 6.00. The van der Waals surface area contributed by atoms with Gasteiger partial charge in [-0.3, -0.25) is 4.90 Å². The molecule has 1 saturated heterocycles. The standard InChI is InChI=1S/C27H25F4N5O3S/c1-2-11-38-22-6-4-3-5-17(22)23-14-18(34-39-23)20-15-40-27(32-20)16-7-8-35(9-10-37)24(12-16)36-21(26(30)31)13-19(33-36)25(28)29/h1,3-6,10,13,15-16,23-26H,7-9,11-12,14H2. The summed E-state index contributed by atoms with van der Waals surface area (Å²) in [5.74, 6) is 2.90. The zero-order chi connectivity index (χ0) is 28.2. The van der Waals surface area contributed by atoms with Crippen molar-refractivity contribution in [2.45, 2.75) is 50.3 Å². The number of benzene rings is 1. The summed E-state index contributed by atoms with van der Waals surface area (Å²) in [4.78, 5) is 23.4. The van der Waals surface area contributed by atoms with Gasteiger partial charge in [0.25, 0.3) is 12.9 Å². The van der Waals surface area contributed by atoms with Crippen molar-refractivity contribution in [3.05, 3.63) is 63.4 Å². The van der Waals surface area contributed by atoms with Crippen LogP contribution in [0.4, 0.5) is 17.6 Å². The number of nitrogens with zero attached hydrogens (tertiary/aromatic N) is 5. The van der Waals surface area contributed by atoms with Crippen LogP contribution in [0.1, 0.15) is 78.0 Å². The maximum Gasteiger partial charge on any atom is 0.282 e. The number of hydrogen-bond acceptors (Lipinski definition) is 8. The van der Waals surface area contributed by atoms with E-state index in [2.05, 4.69) is 16.2 Å². The largest absolute Gasteiger partial charge is 0.481 e. The van der Waals surface area contributed by atoms with Gasteiger partial charge in [0.15, 0.2) is 6.10 Å². The minimum absolute atomic E-state index is 0.0326. The molecule has 0 amide bonds. The predicted octanol–water partition coefficient (Wildman–Crippen LogP) is 5.67. The van der Waals surface area contributed by atoms with Crippen LogP contribution in [0.25, 0.3) is 0 Å². The molecule has 0 spiro atoms. The van der Waals surface area contributed by atoms with Crippen molar-refractivity contribution in [3.8, 4) is 18.1 Å². The number of piperidine rings is 1. The van der Waals surface area contributed by atoms with Gasteiger partial charge in [0.2, 0.25) is 0 Å². The highest BCUT2D eigenvalue weighted by molar-refractivity contribution is 7.10. The number of likely N-dealkylation sites (tertiary alicyclic amines) is 1. The third kappa shape index (κ3) is 5.73. The van der Waals surface area contributed by atoms with Gasteiger partial charge in [-0.2, -0.15) is 5.10 Å². The molecule has 2 aliphatic rings. The number of aldehydes is 1. The van der Waals surface area contributed by atoms with Crippen LogP contribution in [0.15, 0.2) is 40.9 Å². The van der Waals surface area contributed by atoms with Gasteiger partial charge in [-0.25, -0.2) is 27.2 Å². The van der Waals surface area contributed by atoms with Crippen LogP contribution in [-0.4, -0.2) is 51.4 Å². The number of ether oxygens (including phenoxy) is 1. The first kappa shape index (κ1) is 27.8. The molecule has 0 bridgehead atoms. The Morgan fingerprint density at radius 1 is 1.25 bits per heavy atom. The van der Waals surface area contributed by atoms with E-state index in [1.807, 2.05) is 29.6 Å². The van der Waals surface area contributed by atoms with E-state index in [0.29, 0.717) is 42.8 Å². The van der Waals surface area contributed by atoms with Crippen molar-refractivity contribution < 1.29 is 31.9 Å². The van der Waals surface area contributed by atoms with Gasteiger partial charge in [-0.15, -0.1) is 17.8 Å². The summed E-state index contributed by atoms with van der Waals surface area (Å²) in [5.41, 5.74) is 0.785. The molecule has 40 heavy (non-hydrogen) atoms. The van der Waals surface area contributed by atoms with Crippen molar-refractivity contribution >= 4 is 23.3 Å². The van der Waals surface area contributed by atoms with E-state index in [0.717, 1.165) is 21.3 Å². The molecule has 0 aliphatic carbocycles. The quantitative estimate of drug-likeness (QED) is 0.176. The first-order valence-corrected chi connectivity index (χ1v) is 13.4. The van der Waals surface area contributed by atoms with Crippen molar-refractivity contribution in [1.29, 1.82) is 0 Å². The maximum atomic E-state index is 13.8. The van der Waals surface area contributed by atoms with Crippen molar-refractivity contribution in [1.82, 2.24) is 19.7 Å². The number of halogens is 4. The lowest BCUT2D eigenvalue weighted by atomic mass is 9.94. The van der Waals surface area contributed by atoms with E-state index >= 15 is 0 Å². The molecule has 5 rings (SSSR count). The van der Waals surface area contributed by atoms with Crippen LogP contribution in [0.3, 0.4) is 0 Å². The van der Waals surface area contributed by atoms with E-state index in [-0.39, 0.29) is 31.6 Å². The Kier molecular flexibility index (Phi) is 8.46. The van der Waals surface area contributed by atoms with Gasteiger partial charge in [0, 0.05) is 29.8 Å². The number of alkyl halides is 4. The monoisotopic (exact) mass is 575 g/mol. The lowest BCUT2D eigenvalue weighted by Gasteiger charge is -2.38. The van der Waals surface area contributed by atoms with Crippen LogP contribution in [0.5, 0.6) is 5.75 Å². The Labute approximate surface area is 231 Å². The van der Waals surface area contributed by atoms with E-state index in [1.54, 1.807) is 4.90 Å². The normalized spacial score (nSPS) is 21.3. The summed E-state index contributed by atoms with van der Waals surface area (Å²) >= 11 is 1.41. The fourth-order valence-electron chi connectivity index (χ4n) is 5.02. The number of carbonyl (C=O) groups excluding carboxylic acids is 1. The number of oxime groups is 1.